The molecule has 0 spiro atoms. The zero-order chi connectivity index (χ0) is 10.3. The van der Waals surface area contributed by atoms with Crippen LogP contribution in [0, 0.1) is 5.92 Å². The fourth-order valence-electron chi connectivity index (χ4n) is 1.45. The Hall–Kier alpha value is -0.0800. The summed E-state index contributed by atoms with van der Waals surface area (Å²) in [4.78, 5) is 0. The van der Waals surface area contributed by atoms with Crippen LogP contribution in [0.5, 0.6) is 0 Å². The van der Waals surface area contributed by atoms with Crippen LogP contribution in [0.15, 0.2) is 0 Å². The van der Waals surface area contributed by atoms with Gasteiger partial charge >= 0.3 is 0 Å². The molecule has 0 bridgehead atoms. The maximum Gasteiger partial charge on any atom is 0.159 e. The molecule has 0 unspecified atom stereocenters. The van der Waals surface area contributed by atoms with E-state index in [1.165, 1.54) is 0 Å². The normalized spacial score (nSPS) is 27.0. The third kappa shape index (κ3) is 2.23. The second-order valence-electron chi connectivity index (χ2n) is 5.32. The first-order chi connectivity index (χ1) is 5.74. The molecule has 0 atom stereocenters. The lowest BCUT2D eigenvalue weighted by atomic mass is 9.90. The van der Waals surface area contributed by atoms with Crippen molar-refractivity contribution in [2.45, 2.75) is 65.5 Å². The Balaban J connectivity index is 2.60. The highest BCUT2D eigenvalue weighted by atomic mass is 16.7. The topological polar surface area (TPSA) is 18.5 Å². The van der Waals surface area contributed by atoms with Crippen molar-refractivity contribution in [1.82, 2.24) is 0 Å². The summed E-state index contributed by atoms with van der Waals surface area (Å²) in [5.41, 5.74) is -0.348. The molecule has 1 rings (SSSR count). The second-order valence-corrected chi connectivity index (χ2v) is 5.32. The van der Waals surface area contributed by atoms with Crippen LogP contribution in [0.1, 0.15) is 48.0 Å². The van der Waals surface area contributed by atoms with Gasteiger partial charge in [-0.3, -0.25) is 0 Å². The summed E-state index contributed by atoms with van der Waals surface area (Å²) >= 11 is 0. The zero-order valence-electron chi connectivity index (χ0n) is 9.68. The Morgan fingerprint density at radius 3 is 1.69 bits per heavy atom. The molecule has 78 valence electrons. The second kappa shape index (κ2) is 3.25. The summed E-state index contributed by atoms with van der Waals surface area (Å²) in [7, 11) is 0. The van der Waals surface area contributed by atoms with Crippen LogP contribution in [-0.4, -0.2) is 17.5 Å². The lowest BCUT2D eigenvalue weighted by Crippen LogP contribution is -2.41. The Labute approximate surface area is 81.6 Å². The minimum absolute atomic E-state index is 0.0231. The molecule has 2 nitrogen and oxygen atoms in total. The summed E-state index contributed by atoms with van der Waals surface area (Å²) in [6.45, 7) is 12.7. The van der Waals surface area contributed by atoms with Crippen molar-refractivity contribution in [3.8, 4) is 0 Å². The predicted molar refractivity (Wildman–Crippen MR) is 53.6 cm³/mol. The molecule has 0 radical (unpaired) electrons. The molecule has 1 aliphatic rings. The van der Waals surface area contributed by atoms with Gasteiger partial charge in [0, 0.05) is 6.42 Å². The molecule has 0 saturated carbocycles. The van der Waals surface area contributed by atoms with Crippen LogP contribution >= 0.6 is 0 Å². The van der Waals surface area contributed by atoms with Gasteiger partial charge in [0.2, 0.25) is 0 Å². The SMILES string of the molecule is CC(C)CC1OC(C)(C)C(C)(C)O1. The number of hydrogen-bond acceptors (Lipinski definition) is 2. The summed E-state index contributed by atoms with van der Waals surface area (Å²) in [6, 6.07) is 0. The smallest absolute Gasteiger partial charge is 0.159 e. The number of ether oxygens (including phenoxy) is 2. The molecule has 0 amide bonds. The lowest BCUT2D eigenvalue weighted by molar-refractivity contribution is -0.0963. The van der Waals surface area contributed by atoms with Crippen molar-refractivity contribution in [3.63, 3.8) is 0 Å². The first-order valence-corrected chi connectivity index (χ1v) is 5.10. The molecule has 1 fully saturated rings. The maximum absolute atomic E-state index is 5.85. The lowest BCUT2D eigenvalue weighted by Gasteiger charge is -2.30. The van der Waals surface area contributed by atoms with Gasteiger partial charge < -0.3 is 9.47 Å². The molecular formula is C11H22O2. The molecule has 1 aliphatic heterocycles. The molecule has 0 aromatic rings. The van der Waals surface area contributed by atoms with E-state index in [0.29, 0.717) is 5.92 Å². The van der Waals surface area contributed by atoms with Gasteiger partial charge in [0.05, 0.1) is 11.2 Å². The van der Waals surface area contributed by atoms with E-state index in [9.17, 15) is 0 Å². The van der Waals surface area contributed by atoms with E-state index in [0.717, 1.165) is 6.42 Å². The Morgan fingerprint density at radius 1 is 1.00 bits per heavy atom. The first kappa shape index (κ1) is 11.0. The van der Waals surface area contributed by atoms with Gasteiger partial charge in [-0.05, 0) is 33.6 Å². The predicted octanol–water partition coefficient (Wildman–Crippen LogP) is 2.96. The molecule has 1 heterocycles. The number of hydrogen-bond donors (Lipinski definition) is 0. The fraction of sp³-hybridized carbons (Fsp3) is 1.00. The third-order valence-corrected chi connectivity index (χ3v) is 2.97. The minimum atomic E-state index is -0.174. The van der Waals surface area contributed by atoms with Gasteiger partial charge in [-0.1, -0.05) is 13.8 Å². The largest absolute Gasteiger partial charge is 0.344 e. The van der Waals surface area contributed by atoms with Gasteiger partial charge in [0.25, 0.3) is 0 Å². The van der Waals surface area contributed by atoms with E-state index >= 15 is 0 Å². The standard InChI is InChI=1S/C11H22O2/c1-8(2)7-9-12-10(3,4)11(5,6)13-9/h8-9H,7H2,1-6H3. The quantitative estimate of drug-likeness (QED) is 0.660. The molecule has 0 aromatic heterocycles. The third-order valence-electron chi connectivity index (χ3n) is 2.97. The van der Waals surface area contributed by atoms with Crippen LogP contribution in [0.25, 0.3) is 0 Å². The molecule has 2 heteroatoms. The molecule has 0 aliphatic carbocycles. The van der Waals surface area contributed by atoms with Crippen LogP contribution < -0.4 is 0 Å². The van der Waals surface area contributed by atoms with Crippen LogP contribution in [0.4, 0.5) is 0 Å². The number of rotatable bonds is 2. The van der Waals surface area contributed by atoms with Gasteiger partial charge in [0.1, 0.15) is 0 Å². The Bertz CT molecular complexity index is 167. The van der Waals surface area contributed by atoms with Crippen LogP contribution in [0.3, 0.4) is 0 Å². The maximum atomic E-state index is 5.85. The van der Waals surface area contributed by atoms with Crippen molar-refractivity contribution in [2.24, 2.45) is 5.92 Å². The van der Waals surface area contributed by atoms with E-state index in [4.69, 9.17) is 9.47 Å². The van der Waals surface area contributed by atoms with Crippen LogP contribution in [-0.2, 0) is 9.47 Å². The highest BCUT2D eigenvalue weighted by molar-refractivity contribution is 4.94. The summed E-state index contributed by atoms with van der Waals surface area (Å²) in [5, 5.41) is 0. The average Bonchev–Trinajstić information content (AvgIpc) is 1.98. The van der Waals surface area contributed by atoms with Gasteiger partial charge in [-0.15, -0.1) is 0 Å². The molecule has 13 heavy (non-hydrogen) atoms. The first-order valence-electron chi connectivity index (χ1n) is 5.10. The van der Waals surface area contributed by atoms with E-state index in [1.807, 2.05) is 0 Å². The monoisotopic (exact) mass is 186 g/mol. The Morgan fingerprint density at radius 2 is 1.38 bits per heavy atom. The zero-order valence-corrected chi connectivity index (χ0v) is 9.68. The van der Waals surface area contributed by atoms with Crippen molar-refractivity contribution in [2.75, 3.05) is 0 Å². The van der Waals surface area contributed by atoms with E-state index in [1.54, 1.807) is 0 Å². The molecule has 0 N–H and O–H groups in total. The van der Waals surface area contributed by atoms with E-state index in [2.05, 4.69) is 41.5 Å². The molecule has 1 saturated heterocycles. The van der Waals surface area contributed by atoms with E-state index < -0.39 is 0 Å². The minimum Gasteiger partial charge on any atom is -0.344 e. The highest BCUT2D eigenvalue weighted by Gasteiger charge is 2.48. The average molecular weight is 186 g/mol. The van der Waals surface area contributed by atoms with Gasteiger partial charge in [-0.2, -0.15) is 0 Å². The fourth-order valence-corrected chi connectivity index (χ4v) is 1.45. The summed E-state index contributed by atoms with van der Waals surface area (Å²) in [5.74, 6) is 0.620. The Kier molecular flexibility index (Phi) is 2.75. The highest BCUT2D eigenvalue weighted by Crippen LogP contribution is 2.39. The van der Waals surface area contributed by atoms with Crippen molar-refractivity contribution >= 4 is 0 Å². The summed E-state index contributed by atoms with van der Waals surface area (Å²) < 4.78 is 11.7. The van der Waals surface area contributed by atoms with Gasteiger partial charge in [0.15, 0.2) is 6.29 Å². The summed E-state index contributed by atoms with van der Waals surface area (Å²) in [6.07, 6.45) is 0.956. The molecule has 0 aromatic carbocycles. The molecular weight excluding hydrogens is 164 g/mol. The van der Waals surface area contributed by atoms with E-state index in [-0.39, 0.29) is 17.5 Å². The van der Waals surface area contributed by atoms with Crippen molar-refractivity contribution in [3.05, 3.63) is 0 Å². The van der Waals surface area contributed by atoms with Crippen molar-refractivity contribution in [1.29, 1.82) is 0 Å². The van der Waals surface area contributed by atoms with Gasteiger partial charge in [-0.25, -0.2) is 0 Å². The van der Waals surface area contributed by atoms with Crippen LogP contribution in [0.2, 0.25) is 0 Å². The van der Waals surface area contributed by atoms with Crippen molar-refractivity contribution < 1.29 is 9.47 Å².